The first-order valence-corrected chi connectivity index (χ1v) is 10.6. The van der Waals surface area contributed by atoms with Gasteiger partial charge >= 0.3 is 6.03 Å². The third-order valence-corrected chi connectivity index (χ3v) is 6.25. The number of amides is 2. The van der Waals surface area contributed by atoms with Gasteiger partial charge in [0, 0.05) is 30.6 Å². The topological polar surface area (TPSA) is 95.5 Å². The number of nitrogens with zero attached hydrogens (tertiary/aromatic N) is 5. The van der Waals surface area contributed by atoms with E-state index in [2.05, 4.69) is 11.4 Å². The number of ether oxygens (including phenoxy) is 1. The van der Waals surface area contributed by atoms with Crippen LogP contribution < -0.4 is 10.1 Å². The number of fused-ring (bicyclic) bond motifs is 1. The predicted octanol–water partition coefficient (Wildman–Crippen LogP) is 3.11. The Labute approximate surface area is 180 Å². The largest absolute Gasteiger partial charge is 0.493 e. The van der Waals surface area contributed by atoms with Crippen molar-refractivity contribution in [3.8, 4) is 23.1 Å². The number of nitriles is 1. The van der Waals surface area contributed by atoms with Crippen LogP contribution in [-0.2, 0) is 5.41 Å². The van der Waals surface area contributed by atoms with Gasteiger partial charge in [-0.1, -0.05) is 12.1 Å². The molecule has 0 unspecified atom stereocenters. The van der Waals surface area contributed by atoms with E-state index in [1.54, 1.807) is 17.7 Å². The summed E-state index contributed by atoms with van der Waals surface area (Å²) in [5.41, 5.74) is 2.71. The number of methoxy groups -OCH3 is 1. The molecule has 0 radical (unpaired) electrons. The minimum absolute atomic E-state index is 0.000808. The second kappa shape index (κ2) is 7.58. The average Bonchev–Trinajstić information content (AvgIpc) is 3.18. The fraction of sp³-hybridized carbons (Fsp3) is 0.391. The van der Waals surface area contributed by atoms with E-state index < -0.39 is 0 Å². The Morgan fingerprint density at radius 2 is 2.06 bits per heavy atom. The maximum Gasteiger partial charge on any atom is 0.317 e. The summed E-state index contributed by atoms with van der Waals surface area (Å²) >= 11 is 0. The Kier molecular flexibility index (Phi) is 4.74. The van der Waals surface area contributed by atoms with Gasteiger partial charge in [-0.3, -0.25) is 0 Å². The average molecular weight is 416 g/mol. The second-order valence-corrected chi connectivity index (χ2v) is 8.28. The highest BCUT2D eigenvalue weighted by Crippen LogP contribution is 2.46. The molecule has 0 bridgehead atoms. The molecule has 1 N–H and O–H groups in total. The molecular weight excluding hydrogens is 392 g/mol. The van der Waals surface area contributed by atoms with Gasteiger partial charge in [-0.15, -0.1) is 5.10 Å². The fourth-order valence-electron chi connectivity index (χ4n) is 4.20. The number of likely N-dealkylation sites (tertiary alicyclic amines) is 1. The van der Waals surface area contributed by atoms with E-state index in [1.165, 1.54) is 0 Å². The van der Waals surface area contributed by atoms with Crippen molar-refractivity contribution in [1.29, 1.82) is 5.26 Å². The van der Waals surface area contributed by atoms with Crippen molar-refractivity contribution >= 4 is 11.7 Å². The van der Waals surface area contributed by atoms with Crippen LogP contribution in [0.2, 0.25) is 0 Å². The first kappa shape index (κ1) is 19.4. The number of carbonyl (C=O) groups excluding carboxylic acids is 1. The summed E-state index contributed by atoms with van der Waals surface area (Å²) in [6.07, 6.45) is 4.02. The number of aromatic nitrogens is 3. The molecule has 1 aliphatic carbocycles. The van der Waals surface area contributed by atoms with Crippen molar-refractivity contribution in [3.05, 3.63) is 47.8 Å². The van der Waals surface area contributed by atoms with E-state index in [0.29, 0.717) is 23.5 Å². The van der Waals surface area contributed by atoms with Crippen LogP contribution in [0.15, 0.2) is 36.4 Å². The lowest BCUT2D eigenvalue weighted by Crippen LogP contribution is -2.41. The molecule has 3 heterocycles. The summed E-state index contributed by atoms with van der Waals surface area (Å²) in [5, 5.41) is 17.2. The zero-order valence-corrected chi connectivity index (χ0v) is 17.5. The van der Waals surface area contributed by atoms with Gasteiger partial charge in [0.25, 0.3) is 0 Å². The Balaban J connectivity index is 1.48. The van der Waals surface area contributed by atoms with Crippen molar-refractivity contribution in [3.63, 3.8) is 0 Å². The van der Waals surface area contributed by atoms with Gasteiger partial charge in [-0.05, 0) is 49.9 Å². The summed E-state index contributed by atoms with van der Waals surface area (Å²) in [5.74, 6) is 1.35. The monoisotopic (exact) mass is 416 g/mol. The van der Waals surface area contributed by atoms with Crippen molar-refractivity contribution in [2.24, 2.45) is 0 Å². The van der Waals surface area contributed by atoms with Crippen LogP contribution in [0.1, 0.15) is 37.1 Å². The van der Waals surface area contributed by atoms with E-state index >= 15 is 0 Å². The molecule has 0 spiro atoms. The Hall–Kier alpha value is -3.60. The molecule has 1 aliphatic heterocycles. The Bertz CT molecular complexity index is 1180. The van der Waals surface area contributed by atoms with Gasteiger partial charge in [0.2, 0.25) is 0 Å². The van der Waals surface area contributed by atoms with E-state index in [1.807, 2.05) is 35.2 Å². The molecule has 5 rings (SSSR count). The van der Waals surface area contributed by atoms with E-state index in [4.69, 9.17) is 14.8 Å². The van der Waals surface area contributed by atoms with E-state index in [9.17, 15) is 10.1 Å². The maximum atomic E-state index is 12.4. The summed E-state index contributed by atoms with van der Waals surface area (Å²) in [6.45, 7) is 2.18. The van der Waals surface area contributed by atoms with Crippen LogP contribution in [0.3, 0.4) is 0 Å². The molecule has 8 heteroatoms. The fourth-order valence-corrected chi connectivity index (χ4v) is 4.20. The molecule has 2 aliphatic rings. The second-order valence-electron chi connectivity index (χ2n) is 8.28. The normalized spacial score (nSPS) is 16.8. The summed E-state index contributed by atoms with van der Waals surface area (Å²) in [6, 6.07) is 13.4. The summed E-state index contributed by atoms with van der Waals surface area (Å²) in [4.78, 5) is 19.1. The molecule has 158 valence electrons. The third-order valence-electron chi connectivity index (χ3n) is 6.25. The lowest BCUT2D eigenvalue weighted by Gasteiger charge is -2.18. The van der Waals surface area contributed by atoms with Gasteiger partial charge in [0.1, 0.15) is 0 Å². The number of rotatable bonds is 5. The van der Waals surface area contributed by atoms with E-state index in [-0.39, 0.29) is 11.4 Å². The molecule has 1 saturated carbocycles. The first-order chi connectivity index (χ1) is 15.1. The van der Waals surface area contributed by atoms with Crippen molar-refractivity contribution in [2.75, 3.05) is 26.7 Å². The quantitative estimate of drug-likeness (QED) is 0.689. The minimum Gasteiger partial charge on any atom is -0.493 e. The third kappa shape index (κ3) is 3.46. The molecule has 2 aromatic heterocycles. The summed E-state index contributed by atoms with van der Waals surface area (Å²) < 4.78 is 7.31. The van der Waals surface area contributed by atoms with Crippen LogP contribution in [0.25, 0.3) is 16.9 Å². The highest BCUT2D eigenvalue weighted by molar-refractivity contribution is 5.74. The molecule has 1 aromatic carbocycles. The molecule has 31 heavy (non-hydrogen) atoms. The number of hydrogen-bond donors (Lipinski definition) is 1. The van der Waals surface area contributed by atoms with Crippen LogP contribution in [0, 0.1) is 11.3 Å². The minimum atomic E-state index is -0.238. The lowest BCUT2D eigenvalue weighted by molar-refractivity contribution is 0.207. The van der Waals surface area contributed by atoms with Crippen LogP contribution in [0.4, 0.5) is 4.79 Å². The van der Waals surface area contributed by atoms with Crippen molar-refractivity contribution in [2.45, 2.75) is 31.1 Å². The van der Waals surface area contributed by atoms with Crippen molar-refractivity contribution in [1.82, 2.24) is 24.8 Å². The smallest absolute Gasteiger partial charge is 0.317 e. The van der Waals surface area contributed by atoms with Crippen molar-refractivity contribution < 1.29 is 9.53 Å². The number of benzene rings is 1. The van der Waals surface area contributed by atoms with Gasteiger partial charge in [0.05, 0.1) is 24.4 Å². The summed E-state index contributed by atoms with van der Waals surface area (Å²) in [7, 11) is 1.61. The predicted molar refractivity (Wildman–Crippen MR) is 115 cm³/mol. The van der Waals surface area contributed by atoms with Gasteiger partial charge in [0.15, 0.2) is 17.2 Å². The highest BCUT2D eigenvalue weighted by atomic mass is 16.5. The zero-order chi connectivity index (χ0) is 21.4. The first-order valence-electron chi connectivity index (χ1n) is 10.6. The SMILES string of the molecule is COc1ccc(-c2cccc(C#N)c2)n2nc(C3(CNC(=O)N4CCCC4)CC3)nc12. The lowest BCUT2D eigenvalue weighted by atomic mass is 10.1. The highest BCUT2D eigenvalue weighted by Gasteiger charge is 2.48. The van der Waals surface area contributed by atoms with Crippen LogP contribution in [0.5, 0.6) is 5.75 Å². The standard InChI is InChI=1S/C23H24N6O2/c1-31-19-8-7-18(17-6-4-5-16(13-17)14-24)29-20(19)26-21(27-29)23(9-10-23)15-25-22(30)28-11-2-3-12-28/h4-8,13H,2-3,9-12,15H2,1H3,(H,25,30). The van der Waals surface area contributed by atoms with Gasteiger partial charge < -0.3 is 15.0 Å². The molecule has 2 amide bonds. The number of urea groups is 1. The maximum absolute atomic E-state index is 12.4. The number of carbonyl (C=O) groups is 1. The molecule has 1 saturated heterocycles. The molecule has 2 fully saturated rings. The molecular formula is C23H24N6O2. The van der Waals surface area contributed by atoms with Gasteiger partial charge in [-0.25, -0.2) is 14.3 Å². The number of nitrogens with one attached hydrogen (secondary N) is 1. The zero-order valence-electron chi connectivity index (χ0n) is 17.5. The molecule has 8 nitrogen and oxygen atoms in total. The molecule has 3 aromatic rings. The Morgan fingerprint density at radius 3 is 2.77 bits per heavy atom. The Morgan fingerprint density at radius 1 is 1.26 bits per heavy atom. The van der Waals surface area contributed by atoms with Gasteiger partial charge in [-0.2, -0.15) is 5.26 Å². The van der Waals surface area contributed by atoms with Crippen LogP contribution >= 0.6 is 0 Å². The number of pyridine rings is 1. The number of hydrogen-bond acceptors (Lipinski definition) is 5. The molecule has 0 atom stereocenters. The van der Waals surface area contributed by atoms with Crippen LogP contribution in [-0.4, -0.2) is 52.3 Å². The van der Waals surface area contributed by atoms with E-state index in [0.717, 1.165) is 55.9 Å².